The van der Waals surface area contributed by atoms with Gasteiger partial charge in [-0.25, -0.2) is 4.98 Å². The molecule has 7 nitrogen and oxygen atoms in total. The fourth-order valence-electron chi connectivity index (χ4n) is 3.53. The molecule has 1 atom stereocenters. The molecular formula is C18H21N5O2. The Morgan fingerprint density at radius 1 is 1.28 bits per heavy atom. The molecule has 7 heteroatoms. The lowest BCUT2D eigenvalue weighted by Crippen LogP contribution is -2.29. The molecule has 0 saturated carbocycles. The van der Waals surface area contributed by atoms with Gasteiger partial charge in [-0.3, -0.25) is 14.6 Å². The number of fused-ring (bicyclic) bond motifs is 1. The van der Waals surface area contributed by atoms with E-state index in [1.165, 1.54) is 0 Å². The summed E-state index contributed by atoms with van der Waals surface area (Å²) >= 11 is 0. The number of aromatic nitrogens is 3. The third-order valence-electron chi connectivity index (χ3n) is 4.89. The summed E-state index contributed by atoms with van der Waals surface area (Å²) < 4.78 is 2.07. The number of amides is 2. The van der Waals surface area contributed by atoms with Crippen molar-refractivity contribution >= 4 is 17.6 Å². The number of carbonyl (C=O) groups excluding carboxylic acids is 2. The molecule has 2 aromatic heterocycles. The maximum atomic E-state index is 12.6. The normalized spacial score (nSPS) is 19.8. The number of likely N-dealkylation sites (tertiary alicyclic amines) is 1. The summed E-state index contributed by atoms with van der Waals surface area (Å²) in [7, 11) is 0. The second-order valence-electron chi connectivity index (χ2n) is 6.65. The van der Waals surface area contributed by atoms with Crippen LogP contribution in [0.3, 0.4) is 0 Å². The molecule has 0 unspecified atom stereocenters. The molecule has 2 amide bonds. The predicted octanol–water partition coefficient (Wildman–Crippen LogP) is 1.60. The molecular weight excluding hydrogens is 318 g/mol. The van der Waals surface area contributed by atoms with Crippen LogP contribution in [-0.2, 0) is 29.1 Å². The van der Waals surface area contributed by atoms with Crippen molar-refractivity contribution in [2.24, 2.45) is 5.92 Å². The van der Waals surface area contributed by atoms with Gasteiger partial charge in [0, 0.05) is 32.1 Å². The van der Waals surface area contributed by atoms with Gasteiger partial charge in [-0.2, -0.15) is 0 Å². The summed E-state index contributed by atoms with van der Waals surface area (Å²) in [6.07, 6.45) is 6.88. The lowest BCUT2D eigenvalue weighted by molar-refractivity contribution is -0.128. The molecule has 25 heavy (non-hydrogen) atoms. The summed E-state index contributed by atoms with van der Waals surface area (Å²) in [5.74, 6) is 1.34. The quantitative estimate of drug-likeness (QED) is 0.917. The van der Waals surface area contributed by atoms with Gasteiger partial charge in [0.1, 0.15) is 11.6 Å². The van der Waals surface area contributed by atoms with Crippen LogP contribution in [0.4, 0.5) is 5.82 Å². The molecule has 0 radical (unpaired) electrons. The molecule has 1 saturated heterocycles. The Labute approximate surface area is 146 Å². The van der Waals surface area contributed by atoms with Gasteiger partial charge in [0.25, 0.3) is 0 Å². The Hall–Kier alpha value is -2.70. The van der Waals surface area contributed by atoms with Crippen LogP contribution < -0.4 is 5.32 Å². The number of carbonyl (C=O) groups is 2. The highest BCUT2D eigenvalue weighted by Crippen LogP contribution is 2.23. The molecule has 0 bridgehead atoms. The number of imidazole rings is 1. The van der Waals surface area contributed by atoms with Gasteiger partial charge in [-0.05, 0) is 25.0 Å². The molecule has 1 N–H and O–H groups in total. The van der Waals surface area contributed by atoms with Crippen LogP contribution >= 0.6 is 0 Å². The number of rotatable bonds is 4. The van der Waals surface area contributed by atoms with Gasteiger partial charge in [0.2, 0.25) is 11.8 Å². The number of aryl methyl sites for hydroxylation is 1. The Morgan fingerprint density at radius 2 is 2.20 bits per heavy atom. The maximum Gasteiger partial charge on any atom is 0.230 e. The fraction of sp³-hybridized carbons (Fsp3) is 0.444. The lowest BCUT2D eigenvalue weighted by atomic mass is 10.1. The summed E-state index contributed by atoms with van der Waals surface area (Å²) in [5.41, 5.74) is 0.835. The zero-order valence-corrected chi connectivity index (χ0v) is 14.0. The van der Waals surface area contributed by atoms with Crippen LogP contribution in [0.2, 0.25) is 0 Å². The molecule has 4 rings (SSSR count). The van der Waals surface area contributed by atoms with E-state index in [0.717, 1.165) is 43.1 Å². The van der Waals surface area contributed by atoms with E-state index in [-0.39, 0.29) is 24.2 Å². The van der Waals surface area contributed by atoms with Gasteiger partial charge in [0.15, 0.2) is 0 Å². The number of hydrogen-bond acceptors (Lipinski definition) is 4. The third kappa shape index (κ3) is 3.26. The molecule has 4 heterocycles. The largest absolute Gasteiger partial charge is 0.336 e. The number of anilines is 1. The van der Waals surface area contributed by atoms with E-state index < -0.39 is 0 Å². The molecule has 130 valence electrons. The molecule has 0 spiro atoms. The monoisotopic (exact) mass is 339 g/mol. The number of nitrogens with zero attached hydrogens (tertiary/aromatic N) is 4. The first-order valence-electron chi connectivity index (χ1n) is 8.73. The van der Waals surface area contributed by atoms with E-state index >= 15 is 0 Å². The summed E-state index contributed by atoms with van der Waals surface area (Å²) in [4.78, 5) is 35.2. The van der Waals surface area contributed by atoms with Gasteiger partial charge in [0.05, 0.1) is 24.4 Å². The van der Waals surface area contributed by atoms with E-state index in [2.05, 4.69) is 19.9 Å². The summed E-state index contributed by atoms with van der Waals surface area (Å²) in [6.45, 7) is 1.77. The van der Waals surface area contributed by atoms with Gasteiger partial charge < -0.3 is 14.8 Å². The molecule has 0 aromatic carbocycles. The second kappa shape index (κ2) is 6.66. The lowest BCUT2D eigenvalue weighted by Gasteiger charge is -2.18. The van der Waals surface area contributed by atoms with Crippen molar-refractivity contribution in [1.82, 2.24) is 19.4 Å². The first kappa shape index (κ1) is 15.8. The summed E-state index contributed by atoms with van der Waals surface area (Å²) in [5, 5.41) is 2.96. The first-order chi connectivity index (χ1) is 12.2. The van der Waals surface area contributed by atoms with Gasteiger partial charge in [-0.15, -0.1) is 0 Å². The van der Waals surface area contributed by atoms with Crippen molar-refractivity contribution in [2.75, 3.05) is 11.9 Å². The molecule has 1 fully saturated rings. The topological polar surface area (TPSA) is 80.1 Å². The van der Waals surface area contributed by atoms with E-state index in [4.69, 9.17) is 0 Å². The number of nitrogens with one attached hydrogen (secondary N) is 1. The standard InChI is InChI=1S/C18H21N5O2/c24-17-9-13(11-22(17)12-14-5-1-3-7-19-14)18(25)21-16-10-20-15-6-2-4-8-23(15)16/h1,3,5,7,10,13H,2,4,6,8-9,11-12H2,(H,21,25)/t13-/m0/s1. The second-order valence-corrected chi connectivity index (χ2v) is 6.65. The minimum Gasteiger partial charge on any atom is -0.336 e. The highest BCUT2D eigenvalue weighted by molar-refractivity contribution is 5.96. The van der Waals surface area contributed by atoms with Crippen molar-refractivity contribution in [1.29, 1.82) is 0 Å². The van der Waals surface area contributed by atoms with Crippen molar-refractivity contribution in [3.8, 4) is 0 Å². The van der Waals surface area contributed by atoms with Crippen LogP contribution in [0.25, 0.3) is 0 Å². The SMILES string of the molecule is O=C(Nc1cnc2n1CCCC2)[C@H]1CC(=O)N(Cc2ccccn2)C1. The van der Waals surface area contributed by atoms with Gasteiger partial charge in [-0.1, -0.05) is 6.07 Å². The predicted molar refractivity (Wildman–Crippen MR) is 91.6 cm³/mol. The maximum absolute atomic E-state index is 12.6. The fourth-order valence-corrected chi connectivity index (χ4v) is 3.53. The average molecular weight is 339 g/mol. The molecule has 2 aliphatic rings. The first-order valence-corrected chi connectivity index (χ1v) is 8.73. The minimum atomic E-state index is -0.328. The highest BCUT2D eigenvalue weighted by atomic mass is 16.2. The van der Waals surface area contributed by atoms with Crippen LogP contribution in [0.5, 0.6) is 0 Å². The van der Waals surface area contributed by atoms with Crippen LogP contribution in [0, 0.1) is 5.92 Å². The van der Waals surface area contributed by atoms with Crippen LogP contribution in [0.15, 0.2) is 30.6 Å². The van der Waals surface area contributed by atoms with Crippen LogP contribution in [-0.4, -0.2) is 37.8 Å². The highest BCUT2D eigenvalue weighted by Gasteiger charge is 2.35. The Balaban J connectivity index is 1.40. The Kier molecular flexibility index (Phi) is 4.21. The summed E-state index contributed by atoms with van der Waals surface area (Å²) in [6, 6.07) is 5.63. The third-order valence-corrected chi connectivity index (χ3v) is 4.89. The zero-order chi connectivity index (χ0) is 17.2. The number of hydrogen-bond donors (Lipinski definition) is 1. The smallest absolute Gasteiger partial charge is 0.230 e. The van der Waals surface area contributed by atoms with Gasteiger partial charge >= 0.3 is 0 Å². The van der Waals surface area contributed by atoms with Crippen molar-refractivity contribution in [3.05, 3.63) is 42.1 Å². The average Bonchev–Trinajstić information content (AvgIpc) is 3.20. The number of pyridine rings is 1. The minimum absolute atomic E-state index is 0.00103. The molecule has 2 aromatic rings. The van der Waals surface area contributed by atoms with E-state index in [1.54, 1.807) is 17.3 Å². The Morgan fingerprint density at radius 3 is 3.04 bits per heavy atom. The van der Waals surface area contributed by atoms with E-state index in [1.807, 2.05) is 18.2 Å². The molecule has 0 aliphatic carbocycles. The Bertz CT molecular complexity index is 786. The van der Waals surface area contributed by atoms with E-state index in [9.17, 15) is 9.59 Å². The van der Waals surface area contributed by atoms with Crippen molar-refractivity contribution in [3.63, 3.8) is 0 Å². The molecule has 2 aliphatic heterocycles. The van der Waals surface area contributed by atoms with Crippen LogP contribution in [0.1, 0.15) is 30.8 Å². The van der Waals surface area contributed by atoms with E-state index in [0.29, 0.717) is 13.1 Å². The van der Waals surface area contributed by atoms with Crippen molar-refractivity contribution < 1.29 is 9.59 Å². The van der Waals surface area contributed by atoms with Crippen molar-refractivity contribution in [2.45, 2.75) is 38.8 Å². The zero-order valence-electron chi connectivity index (χ0n) is 14.0.